The van der Waals surface area contributed by atoms with Crippen LogP contribution >= 0.6 is 0 Å². The van der Waals surface area contributed by atoms with Gasteiger partial charge in [-0.3, -0.25) is 4.79 Å². The third-order valence-electron chi connectivity index (χ3n) is 2.57. The average molecular weight is 269 g/mol. The molecule has 0 aliphatic heterocycles. The van der Waals surface area contributed by atoms with Crippen LogP contribution in [-0.4, -0.2) is 36.8 Å². The van der Waals surface area contributed by atoms with Crippen LogP contribution in [0.1, 0.15) is 11.1 Å². The molecule has 0 aliphatic rings. The van der Waals surface area contributed by atoms with E-state index in [-0.39, 0.29) is 6.42 Å². The summed E-state index contributed by atoms with van der Waals surface area (Å²) in [7, 11) is 1.48. The smallest absolute Gasteiger partial charge is 0.328 e. The first-order valence-electron chi connectivity index (χ1n) is 5.69. The lowest BCUT2D eigenvalue weighted by atomic mass is 10.1. The number of carbonyl (C=O) groups is 2. The number of carboxylic acids is 1. The van der Waals surface area contributed by atoms with E-state index in [1.165, 1.54) is 7.11 Å². The number of carboxylic acid groups (broad SMARTS) is 1. The Kier molecular flexibility index (Phi) is 5.29. The van der Waals surface area contributed by atoms with Crippen molar-refractivity contribution in [1.29, 1.82) is 0 Å². The molecule has 1 unspecified atom stereocenters. The fourth-order valence-electron chi connectivity index (χ4n) is 1.63. The van der Waals surface area contributed by atoms with E-state index in [1.807, 2.05) is 13.0 Å². The van der Waals surface area contributed by atoms with Crippen molar-refractivity contribution in [2.24, 2.45) is 0 Å². The van der Waals surface area contributed by atoms with Gasteiger partial charge in [0, 0.05) is 5.56 Å². The Hall–Kier alpha value is -2.11. The number of rotatable bonds is 6. The average Bonchev–Trinajstić information content (AvgIpc) is 2.35. The molecule has 0 spiro atoms. The molecule has 0 aliphatic carbocycles. The molecule has 0 aromatic heterocycles. The molecule has 0 bridgehead atoms. The van der Waals surface area contributed by atoms with Crippen molar-refractivity contribution in [3.05, 3.63) is 29.3 Å². The zero-order valence-electron chi connectivity index (χ0n) is 10.8. The van der Waals surface area contributed by atoms with Gasteiger partial charge in [-0.2, -0.15) is 0 Å². The largest absolute Gasteiger partial charge is 0.496 e. The van der Waals surface area contributed by atoms with Gasteiger partial charge >= 0.3 is 5.97 Å². The van der Waals surface area contributed by atoms with Crippen molar-refractivity contribution in [2.45, 2.75) is 19.4 Å². The maximum absolute atomic E-state index is 12.4. The number of aryl methyl sites for hydroxylation is 1. The van der Waals surface area contributed by atoms with E-state index >= 15 is 0 Å². The van der Waals surface area contributed by atoms with Crippen LogP contribution in [0.2, 0.25) is 0 Å². The lowest BCUT2D eigenvalue weighted by molar-refractivity contribution is -0.142. The minimum Gasteiger partial charge on any atom is -0.496 e. The first-order valence-corrected chi connectivity index (χ1v) is 5.69. The maximum Gasteiger partial charge on any atom is 0.328 e. The summed E-state index contributed by atoms with van der Waals surface area (Å²) >= 11 is 0. The van der Waals surface area contributed by atoms with Crippen molar-refractivity contribution < 1.29 is 23.8 Å². The molecule has 19 heavy (non-hydrogen) atoms. The number of alkyl halides is 1. The second-order valence-electron chi connectivity index (χ2n) is 4.10. The number of amides is 1. The van der Waals surface area contributed by atoms with Crippen molar-refractivity contribution in [3.63, 3.8) is 0 Å². The van der Waals surface area contributed by atoms with Crippen LogP contribution < -0.4 is 10.1 Å². The topological polar surface area (TPSA) is 75.6 Å². The van der Waals surface area contributed by atoms with Gasteiger partial charge in [-0.1, -0.05) is 17.7 Å². The molecule has 1 rings (SSSR count). The second-order valence-corrected chi connectivity index (χ2v) is 4.10. The van der Waals surface area contributed by atoms with Gasteiger partial charge in [0.1, 0.15) is 12.4 Å². The van der Waals surface area contributed by atoms with Crippen LogP contribution in [0.5, 0.6) is 5.75 Å². The van der Waals surface area contributed by atoms with Gasteiger partial charge in [0.05, 0.1) is 13.5 Å². The summed E-state index contributed by atoms with van der Waals surface area (Å²) in [6.07, 6.45) is -0.0609. The minimum atomic E-state index is -1.51. The summed E-state index contributed by atoms with van der Waals surface area (Å²) in [6, 6.07) is 3.82. The molecule has 6 heteroatoms. The molecule has 1 atom stereocenters. The molecule has 0 fully saturated rings. The van der Waals surface area contributed by atoms with E-state index in [1.54, 1.807) is 12.1 Å². The van der Waals surface area contributed by atoms with Crippen molar-refractivity contribution in [3.8, 4) is 5.75 Å². The fourth-order valence-corrected chi connectivity index (χ4v) is 1.63. The molecular weight excluding hydrogens is 253 g/mol. The first kappa shape index (κ1) is 14.9. The molecule has 1 aromatic carbocycles. The van der Waals surface area contributed by atoms with Gasteiger partial charge < -0.3 is 15.2 Å². The number of hydrogen-bond donors (Lipinski definition) is 2. The molecular formula is C13H16FNO4. The predicted molar refractivity (Wildman–Crippen MR) is 67.0 cm³/mol. The maximum atomic E-state index is 12.4. The Morgan fingerprint density at radius 1 is 1.47 bits per heavy atom. The van der Waals surface area contributed by atoms with E-state index in [4.69, 9.17) is 9.84 Å². The normalized spacial score (nSPS) is 11.7. The monoisotopic (exact) mass is 269 g/mol. The van der Waals surface area contributed by atoms with Gasteiger partial charge in [0.25, 0.3) is 0 Å². The van der Waals surface area contributed by atoms with Crippen LogP contribution in [0.15, 0.2) is 18.2 Å². The Labute approximate surface area is 110 Å². The Morgan fingerprint density at radius 2 is 2.16 bits per heavy atom. The van der Waals surface area contributed by atoms with Gasteiger partial charge in [0.15, 0.2) is 6.04 Å². The Balaban J connectivity index is 2.76. The number of nitrogens with one attached hydrogen (secondary N) is 1. The highest BCUT2D eigenvalue weighted by atomic mass is 19.1. The summed E-state index contributed by atoms with van der Waals surface area (Å²) in [5.74, 6) is -1.42. The predicted octanol–water partition coefficient (Wildman–Crippen LogP) is 1.09. The van der Waals surface area contributed by atoms with E-state index < -0.39 is 24.6 Å². The molecule has 104 valence electrons. The third-order valence-corrected chi connectivity index (χ3v) is 2.57. The Bertz CT molecular complexity index is 476. The van der Waals surface area contributed by atoms with Gasteiger partial charge in [0.2, 0.25) is 5.91 Å². The van der Waals surface area contributed by atoms with Crippen LogP contribution in [0.25, 0.3) is 0 Å². The lowest BCUT2D eigenvalue weighted by Crippen LogP contribution is -2.43. The SMILES string of the molecule is COc1ccc(C)cc1CC(=O)NC(CF)C(=O)O. The summed E-state index contributed by atoms with van der Waals surface area (Å²) < 4.78 is 17.5. The lowest BCUT2D eigenvalue weighted by Gasteiger charge is -2.12. The van der Waals surface area contributed by atoms with E-state index in [0.717, 1.165) is 5.56 Å². The highest BCUT2D eigenvalue weighted by Crippen LogP contribution is 2.20. The number of aliphatic carboxylic acids is 1. The standard InChI is InChI=1S/C13H16FNO4/c1-8-3-4-11(19-2)9(5-8)6-12(16)15-10(7-14)13(17)18/h3-5,10H,6-7H2,1-2H3,(H,15,16)(H,17,18). The highest BCUT2D eigenvalue weighted by Gasteiger charge is 2.20. The van der Waals surface area contributed by atoms with E-state index in [9.17, 15) is 14.0 Å². The summed E-state index contributed by atoms with van der Waals surface area (Å²) in [4.78, 5) is 22.3. The molecule has 1 amide bonds. The summed E-state index contributed by atoms with van der Waals surface area (Å²) in [5, 5.41) is 10.8. The highest BCUT2D eigenvalue weighted by molar-refractivity contribution is 5.85. The number of ether oxygens (including phenoxy) is 1. The van der Waals surface area contributed by atoms with Crippen molar-refractivity contribution in [2.75, 3.05) is 13.8 Å². The van der Waals surface area contributed by atoms with Crippen LogP contribution in [0, 0.1) is 6.92 Å². The summed E-state index contributed by atoms with van der Waals surface area (Å²) in [6.45, 7) is 0.717. The zero-order valence-corrected chi connectivity index (χ0v) is 10.8. The molecule has 0 saturated carbocycles. The first-order chi connectivity index (χ1) is 8.97. The number of methoxy groups -OCH3 is 1. The zero-order chi connectivity index (χ0) is 14.4. The van der Waals surface area contributed by atoms with Gasteiger partial charge in [-0.25, -0.2) is 9.18 Å². The second kappa shape index (κ2) is 6.72. The molecule has 1 aromatic rings. The number of benzene rings is 1. The van der Waals surface area contributed by atoms with E-state index in [0.29, 0.717) is 11.3 Å². The van der Waals surface area contributed by atoms with E-state index in [2.05, 4.69) is 5.32 Å². The molecule has 0 saturated heterocycles. The fraction of sp³-hybridized carbons (Fsp3) is 0.385. The quantitative estimate of drug-likeness (QED) is 0.810. The minimum absolute atomic E-state index is 0.0609. The number of hydrogen-bond acceptors (Lipinski definition) is 3. The van der Waals surface area contributed by atoms with Crippen LogP contribution in [0.4, 0.5) is 4.39 Å². The number of carbonyl (C=O) groups excluding carboxylic acids is 1. The van der Waals surface area contributed by atoms with Crippen LogP contribution in [-0.2, 0) is 16.0 Å². The van der Waals surface area contributed by atoms with Crippen molar-refractivity contribution in [1.82, 2.24) is 5.32 Å². The third kappa shape index (κ3) is 4.24. The molecule has 0 heterocycles. The Morgan fingerprint density at radius 3 is 2.68 bits per heavy atom. The summed E-state index contributed by atoms with van der Waals surface area (Å²) in [5.41, 5.74) is 1.58. The molecule has 5 nitrogen and oxygen atoms in total. The van der Waals surface area contributed by atoms with Gasteiger partial charge in [-0.15, -0.1) is 0 Å². The van der Waals surface area contributed by atoms with Crippen molar-refractivity contribution >= 4 is 11.9 Å². The molecule has 2 N–H and O–H groups in total. The number of halogens is 1. The van der Waals surface area contributed by atoms with Gasteiger partial charge in [-0.05, 0) is 13.0 Å². The molecule has 0 radical (unpaired) electrons. The van der Waals surface area contributed by atoms with Crippen LogP contribution in [0.3, 0.4) is 0 Å².